The van der Waals surface area contributed by atoms with E-state index in [9.17, 15) is 18.0 Å². The molecule has 7 nitrogen and oxygen atoms in total. The molecule has 3 rings (SSSR count). The predicted molar refractivity (Wildman–Crippen MR) is 123 cm³/mol. The Hall–Kier alpha value is -2.87. The monoisotopic (exact) mass is 443 g/mol. The Morgan fingerprint density at radius 3 is 2.61 bits per heavy atom. The van der Waals surface area contributed by atoms with Gasteiger partial charge in [0.2, 0.25) is 5.91 Å². The summed E-state index contributed by atoms with van der Waals surface area (Å²) in [5.74, 6) is -0.587. The van der Waals surface area contributed by atoms with Crippen molar-refractivity contribution in [2.75, 3.05) is 22.9 Å². The summed E-state index contributed by atoms with van der Waals surface area (Å²) in [7, 11) is -3.51. The summed E-state index contributed by atoms with van der Waals surface area (Å²) in [6, 6.07) is 11.4. The van der Waals surface area contributed by atoms with Crippen molar-refractivity contribution in [3.63, 3.8) is 0 Å². The Morgan fingerprint density at radius 2 is 1.90 bits per heavy atom. The molecule has 0 fully saturated rings. The van der Waals surface area contributed by atoms with E-state index in [0.717, 1.165) is 12.0 Å². The summed E-state index contributed by atoms with van der Waals surface area (Å²) in [5, 5.41) is 8.59. The SMILES string of the molecule is Cc1cccc(CS(=O)(=O)CC2Nc3ccc(C(=O)NCCC(C)C)cc3NC2=O)c1. The Bertz CT molecular complexity index is 1080. The zero-order valence-electron chi connectivity index (χ0n) is 18.1. The van der Waals surface area contributed by atoms with Gasteiger partial charge in [-0.3, -0.25) is 9.59 Å². The van der Waals surface area contributed by atoms with E-state index < -0.39 is 21.8 Å². The molecule has 166 valence electrons. The van der Waals surface area contributed by atoms with Gasteiger partial charge in [0.25, 0.3) is 5.91 Å². The molecule has 1 aliphatic heterocycles. The van der Waals surface area contributed by atoms with Crippen molar-refractivity contribution in [2.24, 2.45) is 5.92 Å². The average Bonchev–Trinajstić information content (AvgIpc) is 2.67. The first-order valence-electron chi connectivity index (χ1n) is 10.4. The highest BCUT2D eigenvalue weighted by atomic mass is 32.2. The van der Waals surface area contributed by atoms with E-state index in [1.54, 1.807) is 24.3 Å². The third kappa shape index (κ3) is 6.30. The van der Waals surface area contributed by atoms with Crippen molar-refractivity contribution < 1.29 is 18.0 Å². The lowest BCUT2D eigenvalue weighted by atomic mass is 10.1. The number of carbonyl (C=O) groups excluding carboxylic acids is 2. The fourth-order valence-electron chi connectivity index (χ4n) is 3.45. The van der Waals surface area contributed by atoms with Crippen LogP contribution < -0.4 is 16.0 Å². The predicted octanol–water partition coefficient (Wildman–Crippen LogP) is 3.12. The van der Waals surface area contributed by atoms with Gasteiger partial charge in [0.15, 0.2) is 9.84 Å². The maximum absolute atomic E-state index is 12.7. The van der Waals surface area contributed by atoms with Crippen molar-refractivity contribution in [1.29, 1.82) is 0 Å². The Kier molecular flexibility index (Phi) is 7.00. The van der Waals surface area contributed by atoms with E-state index in [-0.39, 0.29) is 17.4 Å². The molecule has 3 N–H and O–H groups in total. The summed E-state index contributed by atoms with van der Waals surface area (Å²) in [6.07, 6.45) is 0.883. The number of anilines is 2. The number of fused-ring (bicyclic) bond motifs is 1. The lowest BCUT2D eigenvalue weighted by Crippen LogP contribution is -2.43. The molecule has 0 spiro atoms. The van der Waals surface area contributed by atoms with Gasteiger partial charge in [-0.2, -0.15) is 0 Å². The molecule has 1 aliphatic rings. The second-order valence-electron chi connectivity index (χ2n) is 8.43. The number of hydrogen-bond donors (Lipinski definition) is 3. The van der Waals surface area contributed by atoms with Crippen LogP contribution in [0.5, 0.6) is 0 Å². The number of benzene rings is 2. The highest BCUT2D eigenvalue weighted by Gasteiger charge is 2.30. The van der Waals surface area contributed by atoms with Crippen LogP contribution in [0.25, 0.3) is 0 Å². The van der Waals surface area contributed by atoms with Gasteiger partial charge in [0.1, 0.15) is 6.04 Å². The van der Waals surface area contributed by atoms with E-state index in [4.69, 9.17) is 0 Å². The molecule has 2 aromatic carbocycles. The number of rotatable bonds is 8. The van der Waals surface area contributed by atoms with E-state index in [0.29, 0.717) is 35.0 Å². The van der Waals surface area contributed by atoms with Crippen molar-refractivity contribution in [3.8, 4) is 0 Å². The zero-order chi connectivity index (χ0) is 22.6. The maximum Gasteiger partial charge on any atom is 0.251 e. The molecule has 0 aliphatic carbocycles. The van der Waals surface area contributed by atoms with Crippen molar-refractivity contribution >= 4 is 33.0 Å². The van der Waals surface area contributed by atoms with Gasteiger partial charge in [-0.05, 0) is 43.0 Å². The Labute approximate surface area is 183 Å². The van der Waals surface area contributed by atoms with E-state index in [1.165, 1.54) is 0 Å². The van der Waals surface area contributed by atoms with Crippen LogP contribution in [0.1, 0.15) is 41.8 Å². The van der Waals surface area contributed by atoms with Gasteiger partial charge in [-0.1, -0.05) is 43.7 Å². The number of aryl methyl sites for hydroxylation is 1. The summed E-state index contributed by atoms with van der Waals surface area (Å²) < 4.78 is 25.3. The van der Waals surface area contributed by atoms with E-state index in [2.05, 4.69) is 29.8 Å². The minimum absolute atomic E-state index is 0.123. The Morgan fingerprint density at radius 1 is 1.13 bits per heavy atom. The molecule has 0 bridgehead atoms. The quantitative estimate of drug-likeness (QED) is 0.582. The van der Waals surface area contributed by atoms with Gasteiger partial charge in [0, 0.05) is 12.1 Å². The smallest absolute Gasteiger partial charge is 0.251 e. The fourth-order valence-corrected chi connectivity index (χ4v) is 5.00. The molecule has 1 atom stereocenters. The summed E-state index contributed by atoms with van der Waals surface area (Å²) >= 11 is 0. The standard InChI is InChI=1S/C23H29N3O4S/c1-15(2)9-10-24-22(27)18-7-8-19-20(12-18)26-23(28)21(25-19)14-31(29,30)13-17-6-4-5-16(3)11-17/h4-8,11-12,15,21,25H,9-10,13-14H2,1-3H3,(H,24,27)(H,26,28). The van der Waals surface area contributed by atoms with Crippen molar-refractivity contribution in [2.45, 2.75) is 39.0 Å². The first kappa shape index (κ1) is 22.8. The van der Waals surface area contributed by atoms with Gasteiger partial charge in [0.05, 0.1) is 22.9 Å². The summed E-state index contributed by atoms with van der Waals surface area (Å²) in [4.78, 5) is 24.9. The molecular formula is C23H29N3O4S. The summed E-state index contributed by atoms with van der Waals surface area (Å²) in [6.45, 7) is 6.66. The molecule has 0 saturated heterocycles. The van der Waals surface area contributed by atoms with Crippen LogP contribution in [0.15, 0.2) is 42.5 Å². The first-order valence-corrected chi connectivity index (χ1v) is 12.2. The first-order chi connectivity index (χ1) is 14.6. The van der Waals surface area contributed by atoms with Crippen molar-refractivity contribution in [3.05, 3.63) is 59.2 Å². The number of nitrogens with one attached hydrogen (secondary N) is 3. The van der Waals surface area contributed by atoms with Crippen LogP contribution in [0.3, 0.4) is 0 Å². The lowest BCUT2D eigenvalue weighted by molar-refractivity contribution is -0.116. The molecule has 0 radical (unpaired) electrons. The maximum atomic E-state index is 12.7. The molecule has 1 heterocycles. The average molecular weight is 444 g/mol. The second kappa shape index (κ2) is 9.51. The molecule has 0 aromatic heterocycles. The molecule has 2 amide bonds. The number of carbonyl (C=O) groups is 2. The highest BCUT2D eigenvalue weighted by molar-refractivity contribution is 7.90. The third-order valence-corrected chi connectivity index (χ3v) is 6.70. The third-order valence-electron chi connectivity index (χ3n) is 5.08. The molecular weight excluding hydrogens is 414 g/mol. The molecule has 1 unspecified atom stereocenters. The Balaban J connectivity index is 1.66. The van der Waals surface area contributed by atoms with Crippen LogP contribution in [-0.4, -0.2) is 38.6 Å². The normalized spacial score (nSPS) is 15.7. The van der Waals surface area contributed by atoms with E-state index in [1.807, 2.05) is 25.1 Å². The van der Waals surface area contributed by atoms with Gasteiger partial charge < -0.3 is 16.0 Å². The minimum atomic E-state index is -3.51. The van der Waals surface area contributed by atoms with Crippen LogP contribution in [0, 0.1) is 12.8 Å². The lowest BCUT2D eigenvalue weighted by Gasteiger charge is -2.27. The molecule has 31 heavy (non-hydrogen) atoms. The highest BCUT2D eigenvalue weighted by Crippen LogP contribution is 2.28. The largest absolute Gasteiger partial charge is 0.371 e. The van der Waals surface area contributed by atoms with Crippen LogP contribution in [0.4, 0.5) is 11.4 Å². The zero-order valence-corrected chi connectivity index (χ0v) is 18.9. The molecule has 2 aromatic rings. The summed E-state index contributed by atoms with van der Waals surface area (Å²) in [5.41, 5.74) is 3.18. The van der Waals surface area contributed by atoms with Gasteiger partial charge in [-0.25, -0.2) is 8.42 Å². The van der Waals surface area contributed by atoms with E-state index >= 15 is 0 Å². The van der Waals surface area contributed by atoms with Crippen LogP contribution >= 0.6 is 0 Å². The fraction of sp³-hybridized carbons (Fsp3) is 0.391. The topological polar surface area (TPSA) is 104 Å². The number of hydrogen-bond acceptors (Lipinski definition) is 5. The van der Waals surface area contributed by atoms with Gasteiger partial charge in [-0.15, -0.1) is 0 Å². The molecule has 8 heteroatoms. The number of sulfone groups is 1. The van der Waals surface area contributed by atoms with Crippen LogP contribution in [0.2, 0.25) is 0 Å². The van der Waals surface area contributed by atoms with Gasteiger partial charge >= 0.3 is 0 Å². The minimum Gasteiger partial charge on any atom is -0.371 e. The second-order valence-corrected chi connectivity index (χ2v) is 10.5. The number of amides is 2. The molecule has 0 saturated carbocycles. The van der Waals surface area contributed by atoms with Crippen molar-refractivity contribution in [1.82, 2.24) is 5.32 Å². The van der Waals surface area contributed by atoms with Crippen LogP contribution in [-0.2, 0) is 20.4 Å².